The Kier molecular flexibility index (Phi) is 10.4. The van der Waals surface area contributed by atoms with Gasteiger partial charge in [0.1, 0.15) is 11.6 Å². The van der Waals surface area contributed by atoms with Gasteiger partial charge in [0.05, 0.1) is 28.4 Å². The highest BCUT2D eigenvalue weighted by Gasteiger charge is 2.24. The fourth-order valence-electron chi connectivity index (χ4n) is 4.27. The van der Waals surface area contributed by atoms with Gasteiger partial charge < -0.3 is 26.4 Å². The van der Waals surface area contributed by atoms with Gasteiger partial charge in [0.25, 0.3) is 5.91 Å². The maximum absolute atomic E-state index is 14.2. The first-order chi connectivity index (χ1) is 19.1. The summed E-state index contributed by atoms with van der Waals surface area (Å²) in [6.45, 7) is 9.21. The monoisotopic (exact) mass is 631 g/mol. The average Bonchev–Trinajstić information content (AvgIpc) is 2.93. The van der Waals surface area contributed by atoms with Crippen molar-refractivity contribution >= 4 is 56.9 Å². The summed E-state index contributed by atoms with van der Waals surface area (Å²) in [7, 11) is 0. The summed E-state index contributed by atoms with van der Waals surface area (Å²) in [6, 6.07) is 12.1. The Balaban J connectivity index is 1.32. The van der Waals surface area contributed by atoms with Gasteiger partial charge in [-0.1, -0.05) is 6.07 Å². The molecule has 214 valence electrons. The quantitative estimate of drug-likeness (QED) is 0.159. The number of halogens is 2. The molecule has 1 aliphatic rings. The Morgan fingerprint density at radius 1 is 1.23 bits per heavy atom. The standard InChI is InChI=1S/C28H35BrFN7O2S/c1-17(18-11-13-32-14-12-18)39-16-28(2,3)37-40-20-9-7-19(8-10-20)34-27-33-15-21(29)26(36-27)35-23-6-4-5-22(30)24(23)25(31)38/h4-10,15,17-18,32,37H,11-14,16H2,1-3H3,(H2,31,38)(H2,33,34,35,36). The number of ether oxygens (including phenoxy) is 1. The third-order valence-electron chi connectivity index (χ3n) is 6.57. The normalized spacial score (nSPS) is 15.0. The van der Waals surface area contributed by atoms with Crippen LogP contribution in [0.15, 0.2) is 58.0 Å². The first-order valence-electron chi connectivity index (χ1n) is 13.1. The molecule has 4 rings (SSSR count). The van der Waals surface area contributed by atoms with Crippen molar-refractivity contribution in [3.8, 4) is 0 Å². The second-order valence-corrected chi connectivity index (χ2v) is 12.1. The minimum Gasteiger partial charge on any atom is -0.376 e. The Morgan fingerprint density at radius 2 is 1.95 bits per heavy atom. The third-order valence-corrected chi connectivity index (χ3v) is 8.31. The second-order valence-electron chi connectivity index (χ2n) is 10.4. The van der Waals surface area contributed by atoms with Crippen LogP contribution >= 0.6 is 27.9 Å². The molecule has 1 amide bonds. The van der Waals surface area contributed by atoms with Crippen molar-refractivity contribution in [3.05, 3.63) is 64.5 Å². The molecule has 1 unspecified atom stereocenters. The molecule has 1 aliphatic heterocycles. The van der Waals surface area contributed by atoms with Crippen LogP contribution in [0.4, 0.5) is 27.5 Å². The number of rotatable bonds is 12. The summed E-state index contributed by atoms with van der Waals surface area (Å²) in [6.07, 6.45) is 4.13. The van der Waals surface area contributed by atoms with Gasteiger partial charge in [-0.15, -0.1) is 0 Å². The fourth-order valence-corrected chi connectivity index (χ4v) is 5.29. The van der Waals surface area contributed by atoms with Crippen LogP contribution in [0, 0.1) is 11.7 Å². The first kappa shape index (κ1) is 30.2. The minimum absolute atomic E-state index is 0.201. The fraction of sp³-hybridized carbons (Fsp3) is 0.393. The number of carbonyl (C=O) groups is 1. The van der Waals surface area contributed by atoms with Crippen molar-refractivity contribution in [2.24, 2.45) is 11.7 Å². The van der Waals surface area contributed by atoms with Crippen LogP contribution in [0.5, 0.6) is 0 Å². The zero-order valence-electron chi connectivity index (χ0n) is 22.8. The summed E-state index contributed by atoms with van der Waals surface area (Å²) in [5.74, 6) is -0.306. The molecule has 0 aliphatic carbocycles. The Morgan fingerprint density at radius 3 is 2.65 bits per heavy atom. The molecule has 1 saturated heterocycles. The highest BCUT2D eigenvalue weighted by atomic mass is 79.9. The van der Waals surface area contributed by atoms with Crippen molar-refractivity contribution in [1.82, 2.24) is 20.0 Å². The van der Waals surface area contributed by atoms with E-state index in [4.69, 9.17) is 10.5 Å². The van der Waals surface area contributed by atoms with Gasteiger partial charge >= 0.3 is 0 Å². The molecule has 2 aromatic carbocycles. The largest absolute Gasteiger partial charge is 0.376 e. The summed E-state index contributed by atoms with van der Waals surface area (Å²) in [4.78, 5) is 21.6. The number of nitrogens with zero attached hydrogens (tertiary/aromatic N) is 2. The van der Waals surface area contributed by atoms with Gasteiger partial charge in [0.15, 0.2) is 0 Å². The molecule has 0 bridgehead atoms. The molecule has 1 aromatic heterocycles. The zero-order valence-corrected chi connectivity index (χ0v) is 25.2. The predicted molar refractivity (Wildman–Crippen MR) is 162 cm³/mol. The van der Waals surface area contributed by atoms with E-state index in [9.17, 15) is 9.18 Å². The topological polar surface area (TPSA) is 126 Å². The molecule has 3 aromatic rings. The van der Waals surface area contributed by atoms with Crippen molar-refractivity contribution in [2.45, 2.75) is 50.2 Å². The molecular weight excluding hydrogens is 597 g/mol. The van der Waals surface area contributed by atoms with E-state index in [1.54, 1.807) is 24.2 Å². The van der Waals surface area contributed by atoms with E-state index in [1.807, 2.05) is 24.3 Å². The number of aromatic nitrogens is 2. The van der Waals surface area contributed by atoms with E-state index >= 15 is 0 Å². The second kappa shape index (κ2) is 13.7. The molecule has 6 N–H and O–H groups in total. The Bertz CT molecular complexity index is 1310. The molecule has 0 spiro atoms. The van der Waals surface area contributed by atoms with Crippen molar-refractivity contribution in [1.29, 1.82) is 0 Å². The van der Waals surface area contributed by atoms with Crippen LogP contribution in [0.25, 0.3) is 0 Å². The summed E-state index contributed by atoms with van der Waals surface area (Å²) >= 11 is 4.95. The first-order valence-corrected chi connectivity index (χ1v) is 14.7. The van der Waals surface area contributed by atoms with Crippen molar-refractivity contribution in [2.75, 3.05) is 30.3 Å². The number of carbonyl (C=O) groups excluding carboxylic acids is 1. The molecule has 40 heavy (non-hydrogen) atoms. The molecule has 0 saturated carbocycles. The Labute approximate surface area is 246 Å². The van der Waals surface area contributed by atoms with E-state index in [1.165, 1.54) is 12.1 Å². The number of hydrogen-bond acceptors (Lipinski definition) is 9. The van der Waals surface area contributed by atoms with E-state index < -0.39 is 11.7 Å². The number of nitrogens with two attached hydrogens (primary N) is 1. The number of nitrogens with one attached hydrogen (secondary N) is 4. The van der Waals surface area contributed by atoms with Crippen LogP contribution in [0.3, 0.4) is 0 Å². The summed E-state index contributed by atoms with van der Waals surface area (Å²) < 4.78 is 24.4. The van der Waals surface area contributed by atoms with Gasteiger partial charge in [-0.2, -0.15) is 4.98 Å². The van der Waals surface area contributed by atoms with Crippen molar-refractivity contribution in [3.63, 3.8) is 0 Å². The number of amides is 1. The lowest BCUT2D eigenvalue weighted by molar-refractivity contribution is -0.00687. The third kappa shape index (κ3) is 8.37. The average molecular weight is 633 g/mol. The lowest BCUT2D eigenvalue weighted by Gasteiger charge is -2.32. The Hall–Kier alpha value is -2.77. The smallest absolute Gasteiger partial charge is 0.253 e. The molecular formula is C28H35BrFN7O2S. The molecule has 12 heteroatoms. The molecule has 2 heterocycles. The van der Waals surface area contributed by atoms with Gasteiger partial charge in [-0.3, -0.25) is 9.52 Å². The minimum atomic E-state index is -0.876. The van der Waals surface area contributed by atoms with Gasteiger partial charge in [0, 0.05) is 22.3 Å². The number of primary amides is 1. The lowest BCUT2D eigenvalue weighted by atomic mass is 9.93. The highest BCUT2D eigenvalue weighted by molar-refractivity contribution is 9.10. The maximum atomic E-state index is 14.2. The van der Waals surface area contributed by atoms with Crippen LogP contribution in [0.2, 0.25) is 0 Å². The highest BCUT2D eigenvalue weighted by Crippen LogP contribution is 2.29. The summed E-state index contributed by atoms with van der Waals surface area (Å²) in [5, 5.41) is 9.53. The number of hydrogen-bond donors (Lipinski definition) is 5. The molecule has 1 fully saturated rings. The number of anilines is 4. The van der Waals surface area contributed by atoms with Gasteiger partial charge in [-0.05, 0) is 117 Å². The van der Waals surface area contributed by atoms with Crippen LogP contribution < -0.4 is 26.4 Å². The van der Waals surface area contributed by atoms with E-state index in [0.29, 0.717) is 28.8 Å². The van der Waals surface area contributed by atoms with Crippen LogP contribution in [-0.4, -0.2) is 47.2 Å². The van der Waals surface area contributed by atoms with Gasteiger partial charge in [-0.25, -0.2) is 9.37 Å². The van der Waals surface area contributed by atoms with E-state index in [0.717, 1.165) is 36.5 Å². The van der Waals surface area contributed by atoms with E-state index in [-0.39, 0.29) is 22.9 Å². The SMILES string of the molecule is CC(OCC(C)(C)NSc1ccc(Nc2ncc(Br)c(Nc3cccc(F)c3C(N)=O)n2)cc1)C1CCNCC1. The molecule has 1 atom stereocenters. The van der Waals surface area contributed by atoms with Crippen LogP contribution in [0.1, 0.15) is 44.0 Å². The molecule has 9 nitrogen and oxygen atoms in total. The van der Waals surface area contributed by atoms with Crippen molar-refractivity contribution < 1.29 is 13.9 Å². The maximum Gasteiger partial charge on any atom is 0.253 e. The molecule has 0 radical (unpaired) electrons. The van der Waals surface area contributed by atoms with Gasteiger partial charge in [0.2, 0.25) is 5.95 Å². The summed E-state index contributed by atoms with van der Waals surface area (Å²) in [5.41, 5.74) is 5.92. The lowest BCUT2D eigenvalue weighted by Crippen LogP contribution is -2.42. The van der Waals surface area contributed by atoms with Crippen LogP contribution in [-0.2, 0) is 4.74 Å². The number of benzene rings is 2. The van der Waals surface area contributed by atoms with E-state index in [2.05, 4.69) is 67.3 Å². The predicted octanol–water partition coefficient (Wildman–Crippen LogP) is 5.74. The number of piperidine rings is 1. The zero-order chi connectivity index (χ0) is 28.7.